The minimum atomic E-state index is -0.745. The van der Waals surface area contributed by atoms with Crippen molar-refractivity contribution in [2.75, 3.05) is 6.61 Å². The molecule has 10 heteroatoms. The summed E-state index contributed by atoms with van der Waals surface area (Å²) >= 11 is 6.91. The third-order valence-electron chi connectivity index (χ3n) is 3.87. The van der Waals surface area contributed by atoms with Crippen LogP contribution in [0.4, 0.5) is 0 Å². The molecule has 0 amide bonds. The molecule has 0 aliphatic carbocycles. The van der Waals surface area contributed by atoms with Gasteiger partial charge in [-0.3, -0.25) is 13.9 Å². The highest BCUT2D eigenvalue weighted by molar-refractivity contribution is 14.2. The summed E-state index contributed by atoms with van der Waals surface area (Å²) in [5.74, 6) is 0.290. The van der Waals surface area contributed by atoms with E-state index < -0.39 is 6.10 Å². The van der Waals surface area contributed by atoms with Crippen LogP contribution < -0.4 is 11.2 Å². The molecule has 0 aliphatic rings. The molecule has 25 heavy (non-hydrogen) atoms. The molecule has 0 aromatic carbocycles. The lowest BCUT2D eigenvalue weighted by molar-refractivity contribution is 0.152. The van der Waals surface area contributed by atoms with Crippen LogP contribution in [-0.4, -0.2) is 20.8 Å². The number of nitrogens with zero attached hydrogens (tertiary/aromatic N) is 2. The quantitative estimate of drug-likeness (QED) is 0.300. The average molecular weight is 563 g/mol. The Morgan fingerprint density at radius 2 is 2.08 bits per heavy atom. The molecule has 1 N–H and O–H groups in total. The van der Waals surface area contributed by atoms with Gasteiger partial charge in [-0.25, -0.2) is 4.79 Å². The van der Waals surface area contributed by atoms with E-state index in [4.69, 9.17) is 4.52 Å². The van der Waals surface area contributed by atoms with E-state index in [-0.39, 0.29) is 17.2 Å². The van der Waals surface area contributed by atoms with Crippen LogP contribution >= 0.6 is 55.8 Å². The summed E-state index contributed by atoms with van der Waals surface area (Å²) in [4.78, 5) is 26.1. The third-order valence-corrected chi connectivity index (χ3v) is 7.10. The van der Waals surface area contributed by atoms with Gasteiger partial charge in [0.05, 0.1) is 28.3 Å². The molecule has 140 valence electrons. The summed E-state index contributed by atoms with van der Waals surface area (Å²) in [5, 5.41) is 11.0. The number of hydrogen-bond donors (Lipinski definition) is 1. The summed E-state index contributed by atoms with van der Waals surface area (Å²) in [5.41, 5.74) is -0.0871. The summed E-state index contributed by atoms with van der Waals surface area (Å²) in [6.07, 6.45) is 0.397. The van der Waals surface area contributed by atoms with Gasteiger partial charge in [-0.15, -0.1) is 11.3 Å². The molecular formula is C15H21BrIN2O4PS. The Kier molecular flexibility index (Phi) is 8.09. The van der Waals surface area contributed by atoms with Crippen molar-refractivity contribution in [1.82, 2.24) is 9.13 Å². The average Bonchev–Trinajstić information content (AvgIpc) is 2.89. The first kappa shape index (κ1) is 21.5. The zero-order chi connectivity index (χ0) is 18.7. The van der Waals surface area contributed by atoms with Gasteiger partial charge in [0.1, 0.15) is 4.83 Å². The second-order valence-electron chi connectivity index (χ2n) is 6.19. The number of halogens is 2. The van der Waals surface area contributed by atoms with Crippen LogP contribution in [0.15, 0.2) is 13.4 Å². The van der Waals surface area contributed by atoms with Crippen LogP contribution in [0.1, 0.15) is 38.4 Å². The molecule has 6 nitrogen and oxygen atoms in total. The molecule has 0 fully saturated rings. The zero-order valence-electron chi connectivity index (χ0n) is 14.2. The van der Waals surface area contributed by atoms with Gasteiger partial charge in [-0.2, -0.15) is 0 Å². The fourth-order valence-corrected chi connectivity index (χ4v) is 5.57. The lowest BCUT2D eigenvalue weighted by Gasteiger charge is -2.14. The van der Waals surface area contributed by atoms with Crippen molar-refractivity contribution in [2.45, 2.75) is 39.3 Å². The van der Waals surface area contributed by atoms with Crippen molar-refractivity contribution < 1.29 is 9.63 Å². The molecular weight excluding hydrogens is 542 g/mol. The van der Waals surface area contributed by atoms with Gasteiger partial charge in [0.2, 0.25) is 0 Å². The largest absolute Gasteiger partial charge is 0.388 e. The Labute approximate surface area is 173 Å². The van der Waals surface area contributed by atoms with Crippen molar-refractivity contribution in [2.24, 2.45) is 13.0 Å². The molecule has 0 saturated heterocycles. The van der Waals surface area contributed by atoms with Crippen molar-refractivity contribution in [1.29, 1.82) is 0 Å². The predicted octanol–water partition coefficient (Wildman–Crippen LogP) is 3.95. The summed E-state index contributed by atoms with van der Waals surface area (Å²) in [7, 11) is 1.66. The van der Waals surface area contributed by atoms with Gasteiger partial charge in [-0.1, -0.05) is 13.8 Å². The van der Waals surface area contributed by atoms with Crippen LogP contribution in [0.3, 0.4) is 0 Å². The maximum Gasteiger partial charge on any atom is 0.331 e. The monoisotopic (exact) mass is 562 g/mol. The number of aryl methyl sites for hydroxylation is 1. The van der Waals surface area contributed by atoms with Crippen LogP contribution in [0.25, 0.3) is 10.2 Å². The highest BCUT2D eigenvalue weighted by atomic mass is 127. The highest BCUT2D eigenvalue weighted by Gasteiger charge is 2.24. The molecule has 0 spiro atoms. The van der Waals surface area contributed by atoms with Gasteiger partial charge in [-0.05, 0) is 56.7 Å². The number of rotatable bonds is 8. The highest BCUT2D eigenvalue weighted by Crippen LogP contribution is 2.38. The summed E-state index contributed by atoms with van der Waals surface area (Å²) < 4.78 is 8.74. The predicted molar refractivity (Wildman–Crippen MR) is 116 cm³/mol. The number of thiophene rings is 1. The van der Waals surface area contributed by atoms with Crippen LogP contribution in [0, 0.1) is 5.92 Å². The van der Waals surface area contributed by atoms with E-state index in [0.29, 0.717) is 52.0 Å². The minimum Gasteiger partial charge on any atom is -0.388 e. The van der Waals surface area contributed by atoms with Crippen molar-refractivity contribution in [3.8, 4) is 0 Å². The fraction of sp³-hybridized carbons (Fsp3) is 0.600. The Morgan fingerprint density at radius 3 is 2.68 bits per heavy atom. The number of fused-ring (bicyclic) bond motifs is 1. The lowest BCUT2D eigenvalue weighted by atomic mass is 10.00. The van der Waals surface area contributed by atoms with E-state index in [9.17, 15) is 14.7 Å². The zero-order valence-corrected chi connectivity index (χ0v) is 19.8. The second kappa shape index (κ2) is 9.41. The van der Waals surface area contributed by atoms with Gasteiger partial charge < -0.3 is 9.63 Å². The molecule has 2 unspecified atom stereocenters. The molecule has 0 saturated carbocycles. The Morgan fingerprint density at radius 1 is 1.40 bits per heavy atom. The molecule has 2 atom stereocenters. The second-order valence-corrected chi connectivity index (χ2v) is 10.3. The first-order valence-corrected chi connectivity index (χ1v) is 13.5. The summed E-state index contributed by atoms with van der Waals surface area (Å²) in [6, 6.07) is 0. The van der Waals surface area contributed by atoms with Gasteiger partial charge >= 0.3 is 5.69 Å². The van der Waals surface area contributed by atoms with E-state index in [1.165, 1.54) is 20.5 Å². The molecule has 2 aromatic heterocycles. The summed E-state index contributed by atoms with van der Waals surface area (Å²) in [6.45, 7) is 5.21. The van der Waals surface area contributed by atoms with Crippen molar-refractivity contribution in [3.63, 3.8) is 0 Å². The van der Waals surface area contributed by atoms with E-state index in [2.05, 4.69) is 38.0 Å². The van der Waals surface area contributed by atoms with E-state index in [0.717, 1.165) is 0 Å². The smallest absolute Gasteiger partial charge is 0.331 e. The van der Waals surface area contributed by atoms with E-state index in [1.807, 2.05) is 13.8 Å². The Balaban J connectivity index is 2.58. The SMILES string of the molecule is CC(C)CC(O)c1c(Br)sc2c1c(=O)n(CCCOPI)c(=O)n2C. The van der Waals surface area contributed by atoms with E-state index >= 15 is 0 Å². The van der Waals surface area contributed by atoms with Crippen molar-refractivity contribution >= 4 is 66.0 Å². The normalized spacial score (nSPS) is 13.6. The van der Waals surface area contributed by atoms with Crippen LogP contribution in [-0.2, 0) is 18.1 Å². The van der Waals surface area contributed by atoms with Gasteiger partial charge in [0, 0.05) is 19.2 Å². The number of aliphatic hydroxyl groups excluding tert-OH is 1. The van der Waals surface area contributed by atoms with E-state index in [1.54, 1.807) is 7.05 Å². The topological polar surface area (TPSA) is 73.5 Å². The molecule has 2 heterocycles. The molecule has 0 bridgehead atoms. The molecule has 2 rings (SSSR count). The molecule has 0 radical (unpaired) electrons. The first-order chi connectivity index (χ1) is 11.8. The minimum absolute atomic E-state index is 0.290. The van der Waals surface area contributed by atoms with Crippen molar-refractivity contribution in [3.05, 3.63) is 30.2 Å². The maximum atomic E-state index is 13.0. The third kappa shape index (κ3) is 4.73. The number of aromatic nitrogens is 2. The lowest BCUT2D eigenvalue weighted by Crippen LogP contribution is -2.39. The number of hydrogen-bond acceptors (Lipinski definition) is 5. The van der Waals surface area contributed by atoms with Crippen LogP contribution in [0.2, 0.25) is 0 Å². The molecule has 0 aliphatic heterocycles. The Hall–Kier alpha value is 0.200. The van der Waals surface area contributed by atoms with Crippen LogP contribution in [0.5, 0.6) is 0 Å². The Bertz CT molecular complexity index is 864. The number of aliphatic hydroxyl groups is 1. The maximum absolute atomic E-state index is 13.0. The molecule has 2 aromatic rings. The first-order valence-electron chi connectivity index (χ1n) is 7.86. The van der Waals surface area contributed by atoms with Gasteiger partial charge in [0.25, 0.3) is 5.56 Å². The standard InChI is InChI=1S/C15H21BrIN2O4PS/c1-8(2)7-9(20)10-11-13(21)19(5-4-6-23-24-17)15(22)18(3)14(11)25-12(10)16/h8-9,20,24H,4-7H2,1-3H3. The fourth-order valence-electron chi connectivity index (χ4n) is 2.73. The van der Waals surface area contributed by atoms with Gasteiger partial charge in [0.15, 0.2) is 0 Å².